The van der Waals surface area contributed by atoms with E-state index in [9.17, 15) is 4.79 Å². The van der Waals surface area contributed by atoms with E-state index in [1.54, 1.807) is 0 Å². The van der Waals surface area contributed by atoms with E-state index in [2.05, 4.69) is 13.8 Å². The summed E-state index contributed by atoms with van der Waals surface area (Å²) in [6.07, 6.45) is 3.30. The van der Waals surface area contributed by atoms with Crippen LogP contribution in [0.4, 0.5) is 0 Å². The largest absolute Gasteiger partial charge is 0.299 e. The van der Waals surface area contributed by atoms with Crippen LogP contribution < -0.4 is 0 Å². The second kappa shape index (κ2) is 2.33. The molecule has 2 rings (SSSR count). The van der Waals surface area contributed by atoms with E-state index in [4.69, 9.17) is 0 Å². The van der Waals surface area contributed by atoms with Gasteiger partial charge in [0.15, 0.2) is 0 Å². The maximum absolute atomic E-state index is 11.2. The minimum absolute atomic E-state index is 0.465. The Labute approximate surface area is 68.2 Å². The molecule has 0 aliphatic heterocycles. The lowest BCUT2D eigenvalue weighted by Gasteiger charge is -2.24. The summed E-state index contributed by atoms with van der Waals surface area (Å²) in [5.41, 5.74) is 0. The lowest BCUT2D eigenvalue weighted by Crippen LogP contribution is -2.21. The molecule has 0 aromatic heterocycles. The Morgan fingerprint density at radius 2 is 2.09 bits per heavy atom. The van der Waals surface area contributed by atoms with Crippen molar-refractivity contribution in [3.8, 4) is 0 Å². The molecular weight excluding hydrogens is 136 g/mol. The Bertz CT molecular complexity index is 183. The Balaban J connectivity index is 2.08. The summed E-state index contributed by atoms with van der Waals surface area (Å²) < 4.78 is 0. The van der Waals surface area contributed by atoms with Crippen molar-refractivity contribution in [3.05, 3.63) is 0 Å². The van der Waals surface area contributed by atoms with Crippen molar-refractivity contribution in [3.63, 3.8) is 0 Å². The van der Waals surface area contributed by atoms with Crippen LogP contribution >= 0.6 is 0 Å². The van der Waals surface area contributed by atoms with Gasteiger partial charge in [-0.1, -0.05) is 13.8 Å². The van der Waals surface area contributed by atoms with Crippen molar-refractivity contribution in [1.82, 2.24) is 0 Å². The Hall–Kier alpha value is -0.330. The number of fused-ring (bicyclic) bond motifs is 2. The maximum Gasteiger partial charge on any atom is 0.136 e. The van der Waals surface area contributed by atoms with Crippen LogP contribution in [-0.4, -0.2) is 5.78 Å². The monoisotopic (exact) mass is 152 g/mol. The van der Waals surface area contributed by atoms with Gasteiger partial charge in [-0.05, 0) is 30.6 Å². The van der Waals surface area contributed by atoms with E-state index in [1.807, 2.05) is 0 Å². The predicted octanol–water partition coefficient (Wildman–Crippen LogP) is 2.26. The molecule has 1 nitrogen and oxygen atoms in total. The molecule has 0 N–H and O–H groups in total. The summed E-state index contributed by atoms with van der Waals surface area (Å²) >= 11 is 0. The smallest absolute Gasteiger partial charge is 0.136 e. The van der Waals surface area contributed by atoms with Crippen LogP contribution in [0.3, 0.4) is 0 Å². The Morgan fingerprint density at radius 1 is 1.36 bits per heavy atom. The zero-order valence-corrected chi connectivity index (χ0v) is 7.34. The lowest BCUT2D eigenvalue weighted by molar-refractivity contribution is -0.122. The van der Waals surface area contributed by atoms with Gasteiger partial charge in [-0.2, -0.15) is 0 Å². The van der Waals surface area contributed by atoms with Gasteiger partial charge in [0.05, 0.1) is 0 Å². The molecule has 1 heteroatoms. The molecule has 2 fully saturated rings. The number of hydrogen-bond acceptors (Lipinski definition) is 1. The molecule has 11 heavy (non-hydrogen) atoms. The molecule has 2 saturated carbocycles. The second-order valence-electron chi connectivity index (χ2n) is 4.51. The fourth-order valence-electron chi connectivity index (χ4n) is 2.90. The van der Waals surface area contributed by atoms with E-state index >= 15 is 0 Å². The number of carbonyl (C=O) groups excluding carboxylic acids is 1. The minimum Gasteiger partial charge on any atom is -0.299 e. The van der Waals surface area contributed by atoms with Gasteiger partial charge in [0.2, 0.25) is 0 Å². The fourth-order valence-corrected chi connectivity index (χ4v) is 2.90. The number of ketones is 1. The van der Waals surface area contributed by atoms with E-state index < -0.39 is 0 Å². The summed E-state index contributed by atoms with van der Waals surface area (Å²) in [5.74, 6) is 3.42. The Kier molecular flexibility index (Phi) is 1.55. The molecule has 62 valence electrons. The van der Waals surface area contributed by atoms with Gasteiger partial charge >= 0.3 is 0 Å². The third-order valence-corrected chi connectivity index (χ3v) is 3.52. The third-order valence-electron chi connectivity index (χ3n) is 3.52. The molecule has 2 aliphatic carbocycles. The van der Waals surface area contributed by atoms with Crippen LogP contribution in [0.25, 0.3) is 0 Å². The first-order chi connectivity index (χ1) is 5.18. The maximum atomic E-state index is 11.2. The van der Waals surface area contributed by atoms with Gasteiger partial charge in [0.1, 0.15) is 5.78 Å². The van der Waals surface area contributed by atoms with Crippen molar-refractivity contribution in [2.24, 2.45) is 23.7 Å². The number of hydrogen-bond donors (Lipinski definition) is 0. The van der Waals surface area contributed by atoms with Gasteiger partial charge in [0.25, 0.3) is 0 Å². The molecule has 2 bridgehead atoms. The minimum atomic E-state index is 0.465. The van der Waals surface area contributed by atoms with Gasteiger partial charge in [0, 0.05) is 12.3 Å². The molecule has 2 aliphatic rings. The van der Waals surface area contributed by atoms with Crippen molar-refractivity contribution >= 4 is 5.78 Å². The number of Topliss-reactive ketones (excluding diaryl/α,β-unsaturated/α-hetero) is 1. The van der Waals surface area contributed by atoms with Gasteiger partial charge in [-0.3, -0.25) is 4.79 Å². The molecule has 0 amide bonds. The molecular formula is C10H16O. The first kappa shape index (κ1) is 7.33. The molecule has 0 spiro atoms. The molecule has 0 aromatic rings. The highest BCUT2D eigenvalue weighted by Crippen LogP contribution is 2.48. The summed E-state index contributed by atoms with van der Waals surface area (Å²) in [5, 5.41) is 0. The van der Waals surface area contributed by atoms with Crippen LogP contribution in [0.5, 0.6) is 0 Å². The average molecular weight is 152 g/mol. The van der Waals surface area contributed by atoms with Crippen molar-refractivity contribution in [2.45, 2.75) is 33.1 Å². The zero-order valence-electron chi connectivity index (χ0n) is 7.34. The highest BCUT2D eigenvalue weighted by Gasteiger charge is 2.45. The number of carbonyl (C=O) groups is 1. The molecule has 0 saturated heterocycles. The average Bonchev–Trinajstić information content (AvgIpc) is 2.43. The van der Waals surface area contributed by atoms with E-state index in [0.717, 1.165) is 24.2 Å². The third kappa shape index (κ3) is 1.02. The highest BCUT2D eigenvalue weighted by atomic mass is 16.1. The van der Waals surface area contributed by atoms with Crippen LogP contribution in [-0.2, 0) is 4.79 Å². The molecule has 3 unspecified atom stereocenters. The molecule has 0 aromatic carbocycles. The predicted molar refractivity (Wildman–Crippen MR) is 44.2 cm³/mol. The second-order valence-corrected chi connectivity index (χ2v) is 4.51. The molecule has 0 heterocycles. The molecule has 0 radical (unpaired) electrons. The van der Waals surface area contributed by atoms with Gasteiger partial charge in [-0.25, -0.2) is 0 Å². The quantitative estimate of drug-likeness (QED) is 0.563. The first-order valence-corrected chi connectivity index (χ1v) is 4.71. The number of rotatable bonds is 1. The highest BCUT2D eigenvalue weighted by molar-refractivity contribution is 5.84. The van der Waals surface area contributed by atoms with E-state index in [0.29, 0.717) is 11.7 Å². The zero-order chi connectivity index (χ0) is 8.01. The van der Waals surface area contributed by atoms with Crippen molar-refractivity contribution in [1.29, 1.82) is 0 Å². The standard InChI is InChI=1S/C10H16O/c1-6(2)9-4-8-3-7(9)5-10(8)11/h6-9H,3-5H2,1-2H3. The van der Waals surface area contributed by atoms with Crippen molar-refractivity contribution < 1.29 is 4.79 Å². The Morgan fingerprint density at radius 3 is 2.45 bits per heavy atom. The SMILES string of the molecule is CC(C)C1CC2CC1CC2=O. The van der Waals surface area contributed by atoms with Gasteiger partial charge in [-0.15, -0.1) is 0 Å². The van der Waals surface area contributed by atoms with Crippen LogP contribution in [0.2, 0.25) is 0 Å². The van der Waals surface area contributed by atoms with E-state index in [-0.39, 0.29) is 0 Å². The first-order valence-electron chi connectivity index (χ1n) is 4.71. The van der Waals surface area contributed by atoms with Gasteiger partial charge < -0.3 is 0 Å². The van der Waals surface area contributed by atoms with E-state index in [1.165, 1.54) is 12.8 Å². The lowest BCUT2D eigenvalue weighted by atomic mass is 9.81. The summed E-state index contributed by atoms with van der Waals surface area (Å²) in [4.78, 5) is 11.2. The fraction of sp³-hybridized carbons (Fsp3) is 0.900. The summed E-state index contributed by atoms with van der Waals surface area (Å²) in [6, 6.07) is 0. The summed E-state index contributed by atoms with van der Waals surface area (Å²) in [7, 11) is 0. The topological polar surface area (TPSA) is 17.1 Å². The molecule has 3 atom stereocenters. The normalized spacial score (nSPS) is 42.5. The van der Waals surface area contributed by atoms with Crippen molar-refractivity contribution in [2.75, 3.05) is 0 Å². The van der Waals surface area contributed by atoms with Crippen LogP contribution in [0.15, 0.2) is 0 Å². The summed E-state index contributed by atoms with van der Waals surface area (Å²) in [6.45, 7) is 4.58. The van der Waals surface area contributed by atoms with Crippen LogP contribution in [0.1, 0.15) is 33.1 Å². The van der Waals surface area contributed by atoms with Crippen LogP contribution in [0, 0.1) is 23.7 Å².